The van der Waals surface area contributed by atoms with Gasteiger partial charge in [0.15, 0.2) is 0 Å². The normalized spacial score (nSPS) is 16.9. The van der Waals surface area contributed by atoms with E-state index in [1.165, 1.54) is 5.56 Å². The molecule has 2 aromatic heterocycles. The summed E-state index contributed by atoms with van der Waals surface area (Å²) in [5.74, 6) is 0.532. The van der Waals surface area contributed by atoms with Gasteiger partial charge in [-0.25, -0.2) is 8.42 Å². The Kier molecular flexibility index (Phi) is 11.6. The SMILES string of the molecule is Cc1cc(C)cc(-c2[nH]nc(OCC(C)(C)C(=O)N3C4CCC3CC4)c2CCN(CCCCc2ccncc2)S(=O)(=O)c2cccc3cccc(N(C)C)c23)c1. The zero-order valence-corrected chi connectivity index (χ0v) is 34.5. The summed E-state index contributed by atoms with van der Waals surface area (Å²) in [7, 11) is -0.0940. The van der Waals surface area contributed by atoms with E-state index in [0.29, 0.717) is 47.6 Å². The molecule has 296 valence electrons. The number of benzene rings is 3. The predicted octanol–water partition coefficient (Wildman–Crippen LogP) is 8.12. The molecule has 7 rings (SSSR count). The van der Waals surface area contributed by atoms with E-state index in [4.69, 9.17) is 4.74 Å². The number of nitrogens with one attached hydrogen (secondary N) is 1. The average molecular weight is 777 g/mol. The molecule has 1 amide bonds. The van der Waals surface area contributed by atoms with Crippen LogP contribution in [0.1, 0.15) is 74.6 Å². The average Bonchev–Trinajstić information content (AvgIpc) is 3.90. The van der Waals surface area contributed by atoms with Crippen LogP contribution in [0.4, 0.5) is 5.69 Å². The lowest BCUT2D eigenvalue weighted by atomic mass is 9.92. The zero-order valence-electron chi connectivity index (χ0n) is 33.7. The molecule has 3 aromatic carbocycles. The molecule has 0 atom stereocenters. The molecular weight excluding hydrogens is 721 g/mol. The number of sulfonamides is 1. The van der Waals surface area contributed by atoms with E-state index < -0.39 is 15.4 Å². The number of aromatic amines is 1. The number of carbonyl (C=O) groups excluding carboxylic acids is 1. The summed E-state index contributed by atoms with van der Waals surface area (Å²) < 4.78 is 38.1. The summed E-state index contributed by atoms with van der Waals surface area (Å²) in [6.07, 6.45) is 10.6. The number of hydrogen-bond donors (Lipinski definition) is 1. The van der Waals surface area contributed by atoms with Crippen LogP contribution in [0.3, 0.4) is 0 Å². The van der Waals surface area contributed by atoms with Crippen molar-refractivity contribution in [2.45, 2.75) is 96.0 Å². The fourth-order valence-electron chi connectivity index (χ4n) is 8.73. The number of nitrogens with zero attached hydrogens (tertiary/aromatic N) is 5. The fraction of sp³-hybridized carbons (Fsp3) is 0.444. The molecule has 2 fully saturated rings. The molecule has 10 nitrogen and oxygen atoms in total. The number of fused-ring (bicyclic) bond motifs is 3. The first-order valence-electron chi connectivity index (χ1n) is 20.0. The maximum Gasteiger partial charge on any atom is 0.243 e. The number of amides is 1. The van der Waals surface area contributed by atoms with E-state index in [1.54, 1.807) is 22.8 Å². The van der Waals surface area contributed by atoms with Crippen LogP contribution in [-0.2, 0) is 27.7 Å². The van der Waals surface area contributed by atoms with Gasteiger partial charge in [0.1, 0.15) is 6.61 Å². The van der Waals surface area contributed by atoms with E-state index in [-0.39, 0.29) is 19.1 Å². The summed E-state index contributed by atoms with van der Waals surface area (Å²) in [6, 6.07) is 22.4. The molecule has 2 saturated heterocycles. The van der Waals surface area contributed by atoms with Gasteiger partial charge in [0.05, 0.1) is 16.0 Å². The molecule has 0 spiro atoms. The minimum Gasteiger partial charge on any atom is -0.475 e. The van der Waals surface area contributed by atoms with E-state index in [1.807, 2.05) is 75.3 Å². The van der Waals surface area contributed by atoms with Gasteiger partial charge in [0.25, 0.3) is 0 Å². The highest BCUT2D eigenvalue weighted by molar-refractivity contribution is 7.89. The van der Waals surface area contributed by atoms with Crippen LogP contribution in [0.15, 0.2) is 84.0 Å². The number of aromatic nitrogens is 3. The first-order chi connectivity index (χ1) is 26.8. The largest absolute Gasteiger partial charge is 0.475 e. The Morgan fingerprint density at radius 3 is 2.21 bits per heavy atom. The minimum absolute atomic E-state index is 0.130. The van der Waals surface area contributed by atoms with Crippen molar-refractivity contribution in [1.29, 1.82) is 0 Å². The smallest absolute Gasteiger partial charge is 0.243 e. The number of carbonyl (C=O) groups is 1. The van der Waals surface area contributed by atoms with Gasteiger partial charge in [0.2, 0.25) is 21.8 Å². The zero-order chi connectivity index (χ0) is 39.6. The molecule has 0 radical (unpaired) electrons. The van der Waals surface area contributed by atoms with Gasteiger partial charge < -0.3 is 14.5 Å². The molecule has 2 aliphatic rings. The quantitative estimate of drug-likeness (QED) is 0.101. The van der Waals surface area contributed by atoms with Crippen molar-refractivity contribution in [2.24, 2.45) is 5.41 Å². The van der Waals surface area contributed by atoms with Crippen molar-refractivity contribution in [3.63, 3.8) is 0 Å². The molecular formula is C45H56N6O4S. The number of anilines is 1. The number of aryl methyl sites for hydroxylation is 3. The molecule has 1 N–H and O–H groups in total. The minimum atomic E-state index is -3.97. The van der Waals surface area contributed by atoms with Gasteiger partial charge in [-0.3, -0.25) is 14.9 Å². The summed E-state index contributed by atoms with van der Waals surface area (Å²) in [6.45, 7) is 8.76. The Morgan fingerprint density at radius 2 is 1.55 bits per heavy atom. The van der Waals surface area contributed by atoms with Crippen LogP contribution in [0, 0.1) is 19.3 Å². The standard InChI is InChI=1S/C45H56N6O4S/c1-31-27-32(2)29-35(28-31)42-38(43(48-47-42)55-30-45(3,4)44(52)51-36-16-17-37(51)19-18-36)22-26-50(25-8-7-11-33-20-23-46-24-21-33)56(53,54)40-15-10-13-34-12-9-14-39(41(34)40)49(5)6/h9-10,12-15,20-21,23-24,27-29,36-37H,7-8,11,16-19,22,25-26,30H2,1-6H3,(H,47,48). The maximum atomic E-state index is 15.0. The molecule has 5 aromatic rings. The Hall–Kier alpha value is -4.74. The topological polar surface area (TPSA) is 112 Å². The summed E-state index contributed by atoms with van der Waals surface area (Å²) in [5.41, 5.74) is 6.04. The van der Waals surface area contributed by atoms with Crippen LogP contribution in [0.2, 0.25) is 0 Å². The highest BCUT2D eigenvalue weighted by atomic mass is 32.2. The second kappa shape index (κ2) is 16.4. The van der Waals surface area contributed by atoms with Crippen LogP contribution < -0.4 is 9.64 Å². The van der Waals surface area contributed by atoms with Crippen LogP contribution in [-0.4, -0.2) is 84.6 Å². The lowest BCUT2D eigenvalue weighted by Gasteiger charge is -2.32. The Bertz CT molecular complexity index is 2240. The van der Waals surface area contributed by atoms with E-state index in [0.717, 1.165) is 77.5 Å². The van der Waals surface area contributed by atoms with Crippen LogP contribution in [0.5, 0.6) is 5.88 Å². The van der Waals surface area contributed by atoms with E-state index >= 15 is 0 Å². The van der Waals surface area contributed by atoms with Crippen LogP contribution in [0.25, 0.3) is 22.0 Å². The highest BCUT2D eigenvalue weighted by Crippen LogP contribution is 2.41. The molecule has 11 heteroatoms. The highest BCUT2D eigenvalue weighted by Gasteiger charge is 2.46. The number of hydrogen-bond acceptors (Lipinski definition) is 7. The predicted molar refractivity (Wildman–Crippen MR) is 224 cm³/mol. The van der Waals surface area contributed by atoms with Gasteiger partial charge in [-0.05, 0) is 126 Å². The second-order valence-corrected chi connectivity index (χ2v) is 18.5. The van der Waals surface area contributed by atoms with Crippen molar-refractivity contribution in [1.82, 2.24) is 24.4 Å². The number of rotatable bonds is 16. The Labute approximate surface area is 332 Å². The lowest BCUT2D eigenvalue weighted by Crippen LogP contribution is -2.46. The van der Waals surface area contributed by atoms with Crippen molar-refractivity contribution >= 4 is 32.4 Å². The molecule has 0 saturated carbocycles. The van der Waals surface area contributed by atoms with Gasteiger partial charge in [-0.15, -0.1) is 5.10 Å². The van der Waals surface area contributed by atoms with E-state index in [2.05, 4.69) is 52.1 Å². The first kappa shape index (κ1) is 39.5. The summed E-state index contributed by atoms with van der Waals surface area (Å²) in [4.78, 5) is 22.4. The van der Waals surface area contributed by atoms with Gasteiger partial charge in [0, 0.05) is 73.9 Å². The number of unbranched alkanes of at least 4 members (excludes halogenated alkanes) is 1. The Morgan fingerprint density at radius 1 is 0.893 bits per heavy atom. The Balaban J connectivity index is 1.21. The third kappa shape index (κ3) is 8.20. The maximum absolute atomic E-state index is 15.0. The van der Waals surface area contributed by atoms with Gasteiger partial charge in [-0.1, -0.05) is 41.5 Å². The second-order valence-electron chi connectivity index (χ2n) is 16.6. The number of H-pyrrole nitrogens is 1. The fourth-order valence-corrected chi connectivity index (χ4v) is 10.4. The lowest BCUT2D eigenvalue weighted by molar-refractivity contribution is -0.143. The molecule has 0 aliphatic carbocycles. The van der Waals surface area contributed by atoms with Crippen molar-refractivity contribution in [3.05, 3.63) is 101 Å². The third-order valence-electron chi connectivity index (χ3n) is 11.6. The molecule has 2 aliphatic heterocycles. The van der Waals surface area contributed by atoms with Crippen LogP contribution >= 0.6 is 0 Å². The number of pyridine rings is 1. The monoisotopic (exact) mass is 776 g/mol. The molecule has 56 heavy (non-hydrogen) atoms. The number of ether oxygens (including phenoxy) is 1. The van der Waals surface area contributed by atoms with Crippen molar-refractivity contribution < 1.29 is 17.9 Å². The molecule has 2 bridgehead atoms. The first-order valence-corrected chi connectivity index (χ1v) is 21.5. The van der Waals surface area contributed by atoms with Gasteiger partial charge in [-0.2, -0.15) is 4.31 Å². The van der Waals surface area contributed by atoms with Gasteiger partial charge >= 0.3 is 0 Å². The molecule has 4 heterocycles. The van der Waals surface area contributed by atoms with Crippen molar-refractivity contribution in [3.8, 4) is 17.1 Å². The van der Waals surface area contributed by atoms with Crippen molar-refractivity contribution in [2.75, 3.05) is 38.7 Å². The van der Waals surface area contributed by atoms with E-state index in [9.17, 15) is 13.2 Å². The summed E-state index contributed by atoms with van der Waals surface area (Å²) >= 11 is 0. The summed E-state index contributed by atoms with van der Waals surface area (Å²) in [5, 5.41) is 9.52. The third-order valence-corrected chi connectivity index (χ3v) is 13.5. The molecule has 0 unspecified atom stereocenters.